The summed E-state index contributed by atoms with van der Waals surface area (Å²) in [5.41, 5.74) is 0.829. The number of benzene rings is 1. The topological polar surface area (TPSA) is 63.4 Å². The lowest BCUT2D eigenvalue weighted by molar-refractivity contribution is 0.295. The van der Waals surface area contributed by atoms with Crippen LogP contribution in [0.2, 0.25) is 0 Å². The Morgan fingerprint density at radius 2 is 1.90 bits per heavy atom. The molecule has 6 heteroatoms. The number of rotatable bonds is 4. The molecule has 0 aliphatic carbocycles. The molecule has 0 spiro atoms. The largest absolute Gasteiger partial charge is 0.448 e. The van der Waals surface area contributed by atoms with Crippen LogP contribution in [0.4, 0.5) is 0 Å². The molecule has 1 aromatic carbocycles. The van der Waals surface area contributed by atoms with Crippen LogP contribution in [0.15, 0.2) is 47.3 Å². The van der Waals surface area contributed by atoms with Crippen LogP contribution in [-0.4, -0.2) is 30.8 Å². The Kier molecular flexibility index (Phi) is 4.07. The quantitative estimate of drug-likeness (QED) is 0.870. The SMILES string of the molecule is O=S(=O)(Cc1ccccc1)N1CCC(c2cnco2)CC1. The second-order valence-corrected chi connectivity index (χ2v) is 7.29. The Morgan fingerprint density at radius 1 is 1.19 bits per heavy atom. The highest BCUT2D eigenvalue weighted by molar-refractivity contribution is 7.88. The van der Waals surface area contributed by atoms with E-state index >= 15 is 0 Å². The van der Waals surface area contributed by atoms with Crippen molar-refractivity contribution in [2.24, 2.45) is 0 Å². The van der Waals surface area contributed by atoms with Gasteiger partial charge in [0, 0.05) is 19.0 Å². The smallest absolute Gasteiger partial charge is 0.218 e. The summed E-state index contributed by atoms with van der Waals surface area (Å²) in [5, 5.41) is 0. The zero-order valence-electron chi connectivity index (χ0n) is 11.7. The van der Waals surface area contributed by atoms with E-state index in [1.165, 1.54) is 6.39 Å². The molecule has 112 valence electrons. The lowest BCUT2D eigenvalue weighted by Crippen LogP contribution is -2.38. The number of sulfonamides is 1. The Balaban J connectivity index is 1.63. The van der Waals surface area contributed by atoms with Gasteiger partial charge in [0.1, 0.15) is 5.76 Å². The van der Waals surface area contributed by atoms with Gasteiger partial charge in [-0.05, 0) is 18.4 Å². The number of aromatic nitrogens is 1. The normalized spacial score (nSPS) is 17.9. The van der Waals surface area contributed by atoms with E-state index in [1.54, 1.807) is 10.5 Å². The molecule has 0 unspecified atom stereocenters. The predicted molar refractivity (Wildman–Crippen MR) is 79.1 cm³/mol. The monoisotopic (exact) mass is 306 g/mol. The van der Waals surface area contributed by atoms with Gasteiger partial charge in [-0.2, -0.15) is 0 Å². The Morgan fingerprint density at radius 3 is 2.52 bits per heavy atom. The van der Waals surface area contributed by atoms with Gasteiger partial charge in [0.25, 0.3) is 0 Å². The van der Waals surface area contributed by atoms with Crippen LogP contribution in [0.25, 0.3) is 0 Å². The second kappa shape index (κ2) is 5.99. The number of piperidine rings is 1. The summed E-state index contributed by atoms with van der Waals surface area (Å²) in [6.45, 7) is 1.08. The lowest BCUT2D eigenvalue weighted by atomic mass is 9.96. The van der Waals surface area contributed by atoms with Crippen molar-refractivity contribution in [3.05, 3.63) is 54.2 Å². The number of nitrogens with zero attached hydrogens (tertiary/aromatic N) is 2. The first-order valence-electron chi connectivity index (χ1n) is 7.05. The molecule has 1 fully saturated rings. The van der Waals surface area contributed by atoms with Crippen molar-refractivity contribution in [2.75, 3.05) is 13.1 Å². The van der Waals surface area contributed by atoms with Gasteiger partial charge >= 0.3 is 0 Å². The van der Waals surface area contributed by atoms with E-state index < -0.39 is 10.0 Å². The summed E-state index contributed by atoms with van der Waals surface area (Å²) in [7, 11) is -3.24. The average Bonchev–Trinajstić information content (AvgIpc) is 3.02. The number of oxazole rings is 1. The summed E-state index contributed by atoms with van der Waals surface area (Å²) in [4.78, 5) is 3.92. The first kappa shape index (κ1) is 14.3. The molecule has 0 bridgehead atoms. The van der Waals surface area contributed by atoms with Crippen molar-refractivity contribution in [1.82, 2.24) is 9.29 Å². The Bertz CT molecular complexity index is 660. The van der Waals surface area contributed by atoms with Gasteiger partial charge < -0.3 is 4.42 Å². The van der Waals surface area contributed by atoms with Crippen LogP contribution in [0, 0.1) is 0 Å². The molecule has 0 N–H and O–H groups in total. The van der Waals surface area contributed by atoms with E-state index in [4.69, 9.17) is 4.42 Å². The predicted octanol–water partition coefficient (Wildman–Crippen LogP) is 2.38. The van der Waals surface area contributed by atoms with Crippen molar-refractivity contribution < 1.29 is 12.8 Å². The van der Waals surface area contributed by atoms with Gasteiger partial charge in [0.15, 0.2) is 6.39 Å². The number of hydrogen-bond acceptors (Lipinski definition) is 4. The highest BCUT2D eigenvalue weighted by Crippen LogP contribution is 2.29. The van der Waals surface area contributed by atoms with Gasteiger partial charge in [-0.1, -0.05) is 30.3 Å². The molecular weight excluding hydrogens is 288 g/mol. The molecule has 5 nitrogen and oxygen atoms in total. The molecule has 2 heterocycles. The fourth-order valence-electron chi connectivity index (χ4n) is 2.72. The van der Waals surface area contributed by atoms with Crippen LogP contribution >= 0.6 is 0 Å². The van der Waals surface area contributed by atoms with Crippen LogP contribution in [0.1, 0.15) is 30.1 Å². The summed E-state index contributed by atoms with van der Waals surface area (Å²) in [6.07, 6.45) is 4.71. The van der Waals surface area contributed by atoms with E-state index in [1.807, 2.05) is 30.3 Å². The van der Waals surface area contributed by atoms with E-state index in [2.05, 4.69) is 4.98 Å². The first-order valence-corrected chi connectivity index (χ1v) is 8.66. The maximum atomic E-state index is 12.4. The number of hydrogen-bond donors (Lipinski definition) is 0. The third kappa shape index (κ3) is 3.33. The third-order valence-corrected chi connectivity index (χ3v) is 5.74. The molecule has 1 aromatic heterocycles. The molecule has 1 aliphatic rings. The summed E-state index contributed by atoms with van der Waals surface area (Å²) in [6, 6.07) is 9.30. The molecule has 2 aromatic rings. The van der Waals surface area contributed by atoms with Crippen molar-refractivity contribution in [1.29, 1.82) is 0 Å². The molecular formula is C15H18N2O3S. The van der Waals surface area contributed by atoms with E-state index in [0.717, 1.165) is 24.2 Å². The molecule has 0 amide bonds. The molecule has 0 atom stereocenters. The van der Waals surface area contributed by atoms with E-state index in [-0.39, 0.29) is 11.7 Å². The molecule has 21 heavy (non-hydrogen) atoms. The standard InChI is InChI=1S/C15H18N2O3S/c18-21(19,11-13-4-2-1-3-5-13)17-8-6-14(7-9-17)15-10-16-12-20-15/h1-5,10,12,14H,6-9,11H2. The zero-order valence-corrected chi connectivity index (χ0v) is 12.5. The van der Waals surface area contributed by atoms with Crippen LogP contribution < -0.4 is 0 Å². The van der Waals surface area contributed by atoms with Gasteiger partial charge in [-0.25, -0.2) is 17.7 Å². The van der Waals surface area contributed by atoms with Gasteiger partial charge in [0.2, 0.25) is 10.0 Å². The minimum absolute atomic E-state index is 0.0703. The third-order valence-electron chi connectivity index (χ3n) is 3.89. The van der Waals surface area contributed by atoms with Crippen LogP contribution in [0.5, 0.6) is 0 Å². The van der Waals surface area contributed by atoms with Gasteiger partial charge in [-0.3, -0.25) is 0 Å². The summed E-state index contributed by atoms with van der Waals surface area (Å²) in [5.74, 6) is 1.20. The fraction of sp³-hybridized carbons (Fsp3) is 0.400. The van der Waals surface area contributed by atoms with Crippen molar-refractivity contribution >= 4 is 10.0 Å². The second-order valence-electron chi connectivity index (χ2n) is 5.32. The van der Waals surface area contributed by atoms with Crippen molar-refractivity contribution in [3.63, 3.8) is 0 Å². The molecule has 1 saturated heterocycles. The van der Waals surface area contributed by atoms with Crippen molar-refractivity contribution in [3.8, 4) is 0 Å². The highest BCUT2D eigenvalue weighted by atomic mass is 32.2. The fourth-order valence-corrected chi connectivity index (χ4v) is 4.29. The first-order chi connectivity index (χ1) is 10.1. The van der Waals surface area contributed by atoms with E-state index in [9.17, 15) is 8.42 Å². The van der Waals surface area contributed by atoms with Crippen LogP contribution in [0.3, 0.4) is 0 Å². The maximum absolute atomic E-state index is 12.4. The highest BCUT2D eigenvalue weighted by Gasteiger charge is 2.29. The van der Waals surface area contributed by atoms with Crippen molar-refractivity contribution in [2.45, 2.75) is 24.5 Å². The molecule has 0 radical (unpaired) electrons. The lowest BCUT2D eigenvalue weighted by Gasteiger charge is -2.30. The van der Waals surface area contributed by atoms with E-state index in [0.29, 0.717) is 13.1 Å². The average molecular weight is 306 g/mol. The Hall–Kier alpha value is -1.66. The molecule has 0 saturated carbocycles. The minimum atomic E-state index is -3.24. The maximum Gasteiger partial charge on any atom is 0.218 e. The van der Waals surface area contributed by atoms with Crippen LogP contribution in [-0.2, 0) is 15.8 Å². The Labute approximate surface area is 124 Å². The zero-order chi connectivity index (χ0) is 14.7. The molecule has 1 aliphatic heterocycles. The summed E-state index contributed by atoms with van der Waals surface area (Å²) < 4.78 is 31.8. The summed E-state index contributed by atoms with van der Waals surface area (Å²) >= 11 is 0. The molecule has 3 rings (SSSR count). The van der Waals surface area contributed by atoms with Gasteiger partial charge in [0.05, 0.1) is 11.9 Å². The van der Waals surface area contributed by atoms with Gasteiger partial charge in [-0.15, -0.1) is 0 Å². The minimum Gasteiger partial charge on any atom is -0.448 e.